The zero-order valence-electron chi connectivity index (χ0n) is 12.6. The van der Waals surface area contributed by atoms with Crippen molar-refractivity contribution in [2.45, 2.75) is 6.54 Å². The van der Waals surface area contributed by atoms with Gasteiger partial charge in [0.15, 0.2) is 5.78 Å². The van der Waals surface area contributed by atoms with Gasteiger partial charge in [0.2, 0.25) is 10.0 Å². The van der Waals surface area contributed by atoms with Crippen LogP contribution in [-0.2, 0) is 16.6 Å². The minimum Gasteiger partial charge on any atom is -0.324 e. The van der Waals surface area contributed by atoms with Crippen LogP contribution in [0.15, 0.2) is 48.5 Å². The monoisotopic (exact) mass is 336 g/mol. The van der Waals surface area contributed by atoms with Crippen LogP contribution >= 0.6 is 0 Å². The van der Waals surface area contributed by atoms with E-state index >= 15 is 0 Å². The third-order valence-corrected chi connectivity index (χ3v) is 4.43. The number of Topliss-reactive ketones (excluding diaryl/α,β-unsaturated/α-hetero) is 1. The Hall–Kier alpha value is -2.25. The zero-order chi connectivity index (χ0) is 17.0. The lowest BCUT2D eigenvalue weighted by atomic mass is 10.1. The van der Waals surface area contributed by atoms with Crippen LogP contribution in [0.2, 0.25) is 0 Å². The van der Waals surface area contributed by atoms with Crippen LogP contribution in [0, 0.1) is 5.82 Å². The van der Waals surface area contributed by atoms with E-state index in [9.17, 15) is 17.6 Å². The van der Waals surface area contributed by atoms with Gasteiger partial charge in [-0.25, -0.2) is 12.8 Å². The van der Waals surface area contributed by atoms with Crippen LogP contribution < -0.4 is 10.0 Å². The number of hydrogen-bond donors (Lipinski definition) is 1. The fourth-order valence-electron chi connectivity index (χ4n) is 2.15. The molecular weight excluding hydrogens is 319 g/mol. The van der Waals surface area contributed by atoms with E-state index in [0.717, 1.165) is 12.3 Å². The van der Waals surface area contributed by atoms with Gasteiger partial charge in [-0.1, -0.05) is 24.3 Å². The number of ketones is 1. The fraction of sp³-hybridized carbons (Fsp3) is 0.188. The normalized spacial score (nSPS) is 11.3. The molecule has 0 heterocycles. The summed E-state index contributed by atoms with van der Waals surface area (Å²) in [7, 11) is -3.54. The highest BCUT2D eigenvalue weighted by molar-refractivity contribution is 7.92. The molecule has 5 nitrogen and oxygen atoms in total. The largest absolute Gasteiger partial charge is 0.324 e. The predicted molar refractivity (Wildman–Crippen MR) is 87.3 cm³/mol. The maximum absolute atomic E-state index is 14.0. The Labute approximate surface area is 134 Å². The van der Waals surface area contributed by atoms with E-state index in [4.69, 9.17) is 5.73 Å². The van der Waals surface area contributed by atoms with Gasteiger partial charge in [0.25, 0.3) is 0 Å². The lowest BCUT2D eigenvalue weighted by Gasteiger charge is -2.22. The van der Waals surface area contributed by atoms with Crippen molar-refractivity contribution in [2.75, 3.05) is 17.1 Å². The molecule has 0 bridgehead atoms. The number of nitrogens with zero attached hydrogens (tertiary/aromatic N) is 1. The van der Waals surface area contributed by atoms with Gasteiger partial charge in [-0.2, -0.15) is 0 Å². The Morgan fingerprint density at radius 3 is 2.35 bits per heavy atom. The van der Waals surface area contributed by atoms with Crippen LogP contribution in [0.25, 0.3) is 0 Å². The summed E-state index contributed by atoms with van der Waals surface area (Å²) in [6.07, 6.45) is 1.09. The summed E-state index contributed by atoms with van der Waals surface area (Å²) in [6, 6.07) is 12.5. The summed E-state index contributed by atoms with van der Waals surface area (Å²) < 4.78 is 39.2. The van der Waals surface area contributed by atoms with Gasteiger partial charge in [0, 0.05) is 0 Å². The summed E-state index contributed by atoms with van der Waals surface area (Å²) in [5, 5.41) is 0. The molecule has 0 saturated heterocycles. The molecule has 7 heteroatoms. The van der Waals surface area contributed by atoms with Crippen LogP contribution in [0.4, 0.5) is 10.1 Å². The Balaban J connectivity index is 2.35. The molecule has 0 radical (unpaired) electrons. The van der Waals surface area contributed by atoms with Crippen molar-refractivity contribution in [1.82, 2.24) is 0 Å². The van der Waals surface area contributed by atoms with Crippen molar-refractivity contribution in [2.24, 2.45) is 5.73 Å². The van der Waals surface area contributed by atoms with E-state index in [1.54, 1.807) is 30.3 Å². The highest BCUT2D eigenvalue weighted by atomic mass is 32.2. The van der Waals surface area contributed by atoms with E-state index < -0.39 is 21.6 Å². The summed E-state index contributed by atoms with van der Waals surface area (Å²) >= 11 is 0. The van der Waals surface area contributed by atoms with Crippen molar-refractivity contribution in [3.8, 4) is 0 Å². The van der Waals surface area contributed by atoms with E-state index in [-0.39, 0.29) is 18.7 Å². The summed E-state index contributed by atoms with van der Waals surface area (Å²) in [5.41, 5.74) is 6.04. The standard InChI is InChI=1S/C16H17FN2O3S/c1-23(21,22)19(13-5-3-2-4-6-13)11-12-7-8-14(15(17)9-12)16(20)10-18/h2-9H,10-11,18H2,1H3. The van der Waals surface area contributed by atoms with Gasteiger partial charge in [-0.3, -0.25) is 9.10 Å². The van der Waals surface area contributed by atoms with Gasteiger partial charge in [-0.15, -0.1) is 0 Å². The van der Waals surface area contributed by atoms with Crippen molar-refractivity contribution < 1.29 is 17.6 Å². The van der Waals surface area contributed by atoms with Crippen LogP contribution in [0.1, 0.15) is 15.9 Å². The van der Waals surface area contributed by atoms with E-state index in [1.165, 1.54) is 16.4 Å². The number of rotatable bonds is 6. The number of hydrogen-bond acceptors (Lipinski definition) is 4. The number of carbonyl (C=O) groups excluding carboxylic acids is 1. The topological polar surface area (TPSA) is 80.5 Å². The van der Waals surface area contributed by atoms with Crippen LogP contribution in [0.3, 0.4) is 0 Å². The number of benzene rings is 2. The second-order valence-corrected chi connectivity index (χ2v) is 6.95. The summed E-state index contributed by atoms with van der Waals surface area (Å²) in [6.45, 7) is -0.313. The van der Waals surface area contributed by atoms with E-state index in [0.29, 0.717) is 11.3 Å². The number of para-hydroxylation sites is 1. The van der Waals surface area contributed by atoms with E-state index in [1.807, 2.05) is 0 Å². The highest BCUT2D eigenvalue weighted by Gasteiger charge is 2.19. The third kappa shape index (κ3) is 4.14. The highest BCUT2D eigenvalue weighted by Crippen LogP contribution is 2.21. The summed E-state index contributed by atoms with van der Waals surface area (Å²) in [5.74, 6) is -1.21. The molecule has 2 aromatic rings. The number of carbonyl (C=O) groups is 1. The molecule has 0 amide bonds. The molecule has 2 N–H and O–H groups in total. The van der Waals surface area contributed by atoms with Gasteiger partial charge in [0.1, 0.15) is 5.82 Å². The average Bonchev–Trinajstić information content (AvgIpc) is 2.51. The Morgan fingerprint density at radius 2 is 1.83 bits per heavy atom. The lowest BCUT2D eigenvalue weighted by molar-refractivity contribution is 0.0997. The zero-order valence-corrected chi connectivity index (χ0v) is 13.4. The summed E-state index contributed by atoms with van der Waals surface area (Å²) in [4.78, 5) is 11.5. The molecule has 0 fully saturated rings. The molecule has 0 aliphatic heterocycles. The van der Waals surface area contributed by atoms with Gasteiger partial charge >= 0.3 is 0 Å². The average molecular weight is 336 g/mol. The maximum Gasteiger partial charge on any atom is 0.232 e. The molecule has 0 aromatic heterocycles. The molecule has 0 spiro atoms. The first kappa shape index (κ1) is 17.1. The predicted octanol–water partition coefficient (Wildman–Crippen LogP) is 1.93. The Morgan fingerprint density at radius 1 is 1.17 bits per heavy atom. The fourth-order valence-corrected chi connectivity index (χ4v) is 3.04. The lowest BCUT2D eigenvalue weighted by Crippen LogP contribution is -2.29. The molecule has 0 aliphatic rings. The molecule has 122 valence electrons. The third-order valence-electron chi connectivity index (χ3n) is 3.29. The van der Waals surface area contributed by atoms with Gasteiger partial charge in [-0.05, 0) is 29.8 Å². The number of anilines is 1. The number of sulfonamides is 1. The van der Waals surface area contributed by atoms with Crippen LogP contribution in [-0.4, -0.2) is 27.0 Å². The van der Waals surface area contributed by atoms with Gasteiger partial charge in [0.05, 0.1) is 30.6 Å². The molecule has 0 aliphatic carbocycles. The van der Waals surface area contributed by atoms with Crippen molar-refractivity contribution in [3.05, 3.63) is 65.5 Å². The molecule has 0 atom stereocenters. The van der Waals surface area contributed by atoms with Crippen molar-refractivity contribution in [3.63, 3.8) is 0 Å². The molecule has 2 rings (SSSR count). The second kappa shape index (κ2) is 6.89. The smallest absolute Gasteiger partial charge is 0.232 e. The van der Waals surface area contributed by atoms with E-state index in [2.05, 4.69) is 0 Å². The molecule has 0 unspecified atom stereocenters. The molecular formula is C16H17FN2O3S. The molecule has 0 saturated carbocycles. The minimum absolute atomic E-state index is 0.0309. The van der Waals surface area contributed by atoms with Crippen LogP contribution in [0.5, 0.6) is 0 Å². The quantitative estimate of drug-likeness (QED) is 0.818. The van der Waals surface area contributed by atoms with Crippen molar-refractivity contribution in [1.29, 1.82) is 0 Å². The SMILES string of the molecule is CS(=O)(=O)N(Cc1ccc(C(=O)CN)c(F)c1)c1ccccc1. The minimum atomic E-state index is -3.54. The first-order valence-corrected chi connectivity index (χ1v) is 8.72. The number of nitrogens with two attached hydrogens (primary N) is 1. The molecule has 2 aromatic carbocycles. The second-order valence-electron chi connectivity index (χ2n) is 5.05. The van der Waals surface area contributed by atoms with Crippen molar-refractivity contribution >= 4 is 21.5 Å². The first-order chi connectivity index (χ1) is 10.8. The maximum atomic E-state index is 14.0. The first-order valence-electron chi connectivity index (χ1n) is 6.87. The Kier molecular flexibility index (Phi) is 5.12. The molecule has 23 heavy (non-hydrogen) atoms. The van der Waals surface area contributed by atoms with Gasteiger partial charge < -0.3 is 5.73 Å². The Bertz CT molecular complexity index is 807. The number of halogens is 1.